The second-order valence-electron chi connectivity index (χ2n) is 5.11. The Morgan fingerprint density at radius 2 is 2.25 bits per heavy atom. The Kier molecular flexibility index (Phi) is 6.28. The molecule has 0 radical (unpaired) electrons. The van der Waals surface area contributed by atoms with Crippen LogP contribution in [0.3, 0.4) is 0 Å². The van der Waals surface area contributed by atoms with E-state index in [0.29, 0.717) is 5.92 Å². The lowest BCUT2D eigenvalue weighted by atomic mass is 9.98. The van der Waals surface area contributed by atoms with Crippen molar-refractivity contribution in [1.82, 2.24) is 10.3 Å². The average Bonchev–Trinajstić information content (AvgIpc) is 2.26. The summed E-state index contributed by atoms with van der Waals surface area (Å²) >= 11 is 0. The highest BCUT2D eigenvalue weighted by atomic mass is 16.5. The average molecular weight is 229 g/mol. The van der Waals surface area contributed by atoms with Crippen molar-refractivity contribution in [2.45, 2.75) is 45.8 Å². The fourth-order valence-corrected chi connectivity index (χ4v) is 2.33. The quantitative estimate of drug-likeness (QED) is 0.526. The normalized spacial score (nSPS) is 24.9. The molecule has 96 valence electrons. The Morgan fingerprint density at radius 1 is 1.50 bits per heavy atom. The van der Waals surface area contributed by atoms with Crippen LogP contribution in [0.15, 0.2) is 0 Å². The van der Waals surface area contributed by atoms with E-state index in [9.17, 15) is 0 Å². The first-order chi connectivity index (χ1) is 7.67. The lowest BCUT2D eigenvalue weighted by Crippen LogP contribution is -2.54. The van der Waals surface area contributed by atoms with E-state index in [1.807, 2.05) is 0 Å². The second kappa shape index (κ2) is 7.22. The lowest BCUT2D eigenvalue weighted by molar-refractivity contribution is -0.0493. The van der Waals surface area contributed by atoms with Crippen LogP contribution in [0, 0.1) is 5.92 Å². The van der Waals surface area contributed by atoms with Gasteiger partial charge in [0.2, 0.25) is 0 Å². The molecule has 1 aliphatic rings. The number of hydrogen-bond acceptors (Lipinski definition) is 4. The predicted molar refractivity (Wildman–Crippen MR) is 67.0 cm³/mol. The molecule has 1 saturated heterocycles. The topological polar surface area (TPSA) is 50.5 Å². The summed E-state index contributed by atoms with van der Waals surface area (Å²) in [7, 11) is 0. The molecule has 1 fully saturated rings. The molecule has 0 aromatic heterocycles. The van der Waals surface area contributed by atoms with Crippen LogP contribution in [0.2, 0.25) is 0 Å². The lowest BCUT2D eigenvalue weighted by Gasteiger charge is -2.37. The molecule has 3 N–H and O–H groups in total. The third kappa shape index (κ3) is 4.37. The maximum Gasteiger partial charge on any atom is 0.0868 e. The number of rotatable bonds is 6. The van der Waals surface area contributed by atoms with E-state index in [4.69, 9.17) is 10.6 Å². The summed E-state index contributed by atoms with van der Waals surface area (Å²) < 4.78 is 5.82. The third-order valence-electron chi connectivity index (χ3n) is 3.11. The van der Waals surface area contributed by atoms with Crippen LogP contribution >= 0.6 is 0 Å². The molecular formula is C12H27N3O. The van der Waals surface area contributed by atoms with E-state index >= 15 is 0 Å². The van der Waals surface area contributed by atoms with E-state index in [0.717, 1.165) is 26.1 Å². The van der Waals surface area contributed by atoms with Crippen molar-refractivity contribution in [3.05, 3.63) is 0 Å². The standard InChI is InChI=1S/C12H27N3O/c1-4-5-15-6-7-16-12(9-15)11(14-13)8-10(2)3/h10-12,14H,4-9,13H2,1-3H3. The van der Waals surface area contributed by atoms with Crippen LogP contribution in [0.25, 0.3) is 0 Å². The van der Waals surface area contributed by atoms with Crippen LogP contribution < -0.4 is 11.3 Å². The van der Waals surface area contributed by atoms with Gasteiger partial charge in [-0.15, -0.1) is 0 Å². The predicted octanol–water partition coefficient (Wildman–Crippen LogP) is 0.975. The van der Waals surface area contributed by atoms with E-state index < -0.39 is 0 Å². The van der Waals surface area contributed by atoms with Gasteiger partial charge in [-0.2, -0.15) is 0 Å². The third-order valence-corrected chi connectivity index (χ3v) is 3.11. The zero-order valence-corrected chi connectivity index (χ0v) is 10.9. The van der Waals surface area contributed by atoms with Crippen molar-refractivity contribution in [3.63, 3.8) is 0 Å². The van der Waals surface area contributed by atoms with Gasteiger partial charge in [-0.1, -0.05) is 20.8 Å². The Hall–Kier alpha value is -0.160. The van der Waals surface area contributed by atoms with Gasteiger partial charge >= 0.3 is 0 Å². The van der Waals surface area contributed by atoms with Gasteiger partial charge in [-0.3, -0.25) is 16.2 Å². The van der Waals surface area contributed by atoms with Gasteiger partial charge in [0.05, 0.1) is 12.7 Å². The van der Waals surface area contributed by atoms with Crippen molar-refractivity contribution >= 4 is 0 Å². The number of nitrogens with two attached hydrogens (primary N) is 1. The van der Waals surface area contributed by atoms with Gasteiger partial charge in [0.25, 0.3) is 0 Å². The van der Waals surface area contributed by atoms with Crippen LogP contribution in [0.1, 0.15) is 33.6 Å². The Morgan fingerprint density at radius 3 is 2.81 bits per heavy atom. The molecule has 1 heterocycles. The van der Waals surface area contributed by atoms with Crippen LogP contribution in [-0.2, 0) is 4.74 Å². The summed E-state index contributed by atoms with van der Waals surface area (Å²) in [6, 6.07) is 0.277. The molecular weight excluding hydrogens is 202 g/mol. The first-order valence-corrected chi connectivity index (χ1v) is 6.47. The van der Waals surface area contributed by atoms with Gasteiger partial charge in [-0.05, 0) is 25.3 Å². The van der Waals surface area contributed by atoms with Gasteiger partial charge in [-0.25, -0.2) is 0 Å². The minimum atomic E-state index is 0.243. The van der Waals surface area contributed by atoms with Gasteiger partial charge < -0.3 is 4.74 Å². The summed E-state index contributed by atoms with van der Waals surface area (Å²) in [5.74, 6) is 6.27. The van der Waals surface area contributed by atoms with Gasteiger partial charge in [0.15, 0.2) is 0 Å². The number of hydrogen-bond donors (Lipinski definition) is 2. The summed E-state index contributed by atoms with van der Waals surface area (Å²) in [5.41, 5.74) is 2.91. The number of hydrazine groups is 1. The Bertz CT molecular complexity index is 185. The zero-order valence-electron chi connectivity index (χ0n) is 10.9. The van der Waals surface area contributed by atoms with Crippen LogP contribution in [0.4, 0.5) is 0 Å². The number of nitrogens with zero attached hydrogens (tertiary/aromatic N) is 1. The van der Waals surface area contributed by atoms with Gasteiger partial charge in [0.1, 0.15) is 0 Å². The van der Waals surface area contributed by atoms with E-state index in [1.165, 1.54) is 13.0 Å². The summed E-state index contributed by atoms with van der Waals surface area (Å²) in [5, 5.41) is 0. The van der Waals surface area contributed by atoms with E-state index in [2.05, 4.69) is 31.1 Å². The molecule has 0 aliphatic carbocycles. The zero-order chi connectivity index (χ0) is 12.0. The summed E-state index contributed by atoms with van der Waals surface area (Å²) in [6.45, 7) is 10.7. The molecule has 1 aliphatic heterocycles. The van der Waals surface area contributed by atoms with Crippen molar-refractivity contribution in [1.29, 1.82) is 0 Å². The molecule has 0 spiro atoms. The van der Waals surface area contributed by atoms with Crippen molar-refractivity contribution < 1.29 is 4.74 Å². The molecule has 4 heteroatoms. The van der Waals surface area contributed by atoms with Crippen LogP contribution in [-0.4, -0.2) is 43.3 Å². The molecule has 0 saturated carbocycles. The highest BCUT2D eigenvalue weighted by molar-refractivity contribution is 4.82. The highest BCUT2D eigenvalue weighted by Crippen LogP contribution is 2.15. The fourth-order valence-electron chi connectivity index (χ4n) is 2.33. The molecule has 2 unspecified atom stereocenters. The van der Waals surface area contributed by atoms with E-state index in [-0.39, 0.29) is 12.1 Å². The first kappa shape index (κ1) is 13.9. The largest absolute Gasteiger partial charge is 0.374 e. The molecule has 0 amide bonds. The van der Waals surface area contributed by atoms with Crippen LogP contribution in [0.5, 0.6) is 0 Å². The first-order valence-electron chi connectivity index (χ1n) is 6.47. The number of ether oxygens (including phenoxy) is 1. The molecule has 0 aromatic rings. The maximum absolute atomic E-state index is 5.82. The number of morpholine rings is 1. The molecule has 0 bridgehead atoms. The maximum atomic E-state index is 5.82. The molecule has 1 rings (SSSR count). The SMILES string of the molecule is CCCN1CCOC(C(CC(C)C)NN)C1. The van der Waals surface area contributed by atoms with Crippen molar-refractivity contribution in [2.75, 3.05) is 26.2 Å². The second-order valence-corrected chi connectivity index (χ2v) is 5.11. The minimum absolute atomic E-state index is 0.243. The smallest absolute Gasteiger partial charge is 0.0868 e. The monoisotopic (exact) mass is 229 g/mol. The minimum Gasteiger partial charge on any atom is -0.374 e. The molecule has 16 heavy (non-hydrogen) atoms. The summed E-state index contributed by atoms with van der Waals surface area (Å²) in [4.78, 5) is 2.47. The number of nitrogens with one attached hydrogen (secondary N) is 1. The Labute approximate surface area is 99.5 Å². The molecule has 2 atom stereocenters. The van der Waals surface area contributed by atoms with E-state index in [1.54, 1.807) is 0 Å². The highest BCUT2D eigenvalue weighted by Gasteiger charge is 2.27. The molecule has 4 nitrogen and oxygen atoms in total. The van der Waals surface area contributed by atoms with Crippen molar-refractivity contribution in [2.24, 2.45) is 11.8 Å². The van der Waals surface area contributed by atoms with Gasteiger partial charge in [0, 0.05) is 19.1 Å². The van der Waals surface area contributed by atoms with Crippen molar-refractivity contribution in [3.8, 4) is 0 Å². The Balaban J connectivity index is 2.43. The fraction of sp³-hybridized carbons (Fsp3) is 1.00. The molecule has 0 aromatic carbocycles. The summed E-state index contributed by atoms with van der Waals surface area (Å²) in [6.07, 6.45) is 2.52.